The van der Waals surface area contributed by atoms with Gasteiger partial charge in [-0.05, 0) is 91.0 Å². The Balaban J connectivity index is 0.953. The fourth-order valence-corrected chi connectivity index (χ4v) is 7.51. The molecule has 7 aromatic carbocycles. The van der Waals surface area contributed by atoms with Gasteiger partial charge in [0.25, 0.3) is 0 Å². The van der Waals surface area contributed by atoms with E-state index < -0.39 is 42.1 Å². The highest BCUT2D eigenvalue weighted by Gasteiger charge is 2.23. The number of ether oxygens (including phenoxy) is 2. The number of para-hydroxylation sites is 2. The average Bonchev–Trinajstić information content (AvgIpc) is 3.22. The number of nitrogens with one attached hydrogen (secondary N) is 4. The van der Waals surface area contributed by atoms with Crippen LogP contribution < -0.4 is 39.1 Å². The molecule has 7 rings (SSSR count). The van der Waals surface area contributed by atoms with Crippen molar-refractivity contribution in [2.75, 3.05) is 21.3 Å². The Morgan fingerprint density at radius 3 is 1.00 bits per heavy atom. The van der Waals surface area contributed by atoms with Crippen molar-refractivity contribution in [3.8, 4) is 34.5 Å². The Kier molecular flexibility index (Phi) is 12.2. The van der Waals surface area contributed by atoms with Crippen molar-refractivity contribution < 1.29 is 44.3 Å². The van der Waals surface area contributed by atoms with Crippen LogP contribution in [0.25, 0.3) is 0 Å². The van der Waals surface area contributed by atoms with E-state index in [2.05, 4.69) is 21.3 Å². The summed E-state index contributed by atoms with van der Waals surface area (Å²) in [5, 5.41) is 10.6. The van der Waals surface area contributed by atoms with Gasteiger partial charge in [0.15, 0.2) is 0 Å². The molecule has 0 aromatic heterocycles. The van der Waals surface area contributed by atoms with Crippen LogP contribution in [0.3, 0.4) is 0 Å². The lowest BCUT2D eigenvalue weighted by Crippen LogP contribution is -2.19. The lowest BCUT2D eigenvalue weighted by molar-refractivity contribution is 0.261. The zero-order valence-electron chi connectivity index (χ0n) is 31.2. The SMILES string of the molecule is O=C(Nc1cccc(Oc2ccccc2)c1)Nc1cccc(OS(=O)(=O)c2cccc(S(=O)(=O)Oc3cccc(NC(=O)Nc4cccc(Oc5ccccc5)c4)c3)c2)c1. The van der Waals surface area contributed by atoms with Gasteiger partial charge >= 0.3 is 32.3 Å². The van der Waals surface area contributed by atoms with Crippen molar-refractivity contribution in [2.24, 2.45) is 0 Å². The van der Waals surface area contributed by atoms with E-state index in [0.29, 0.717) is 34.4 Å². The van der Waals surface area contributed by atoms with Gasteiger partial charge in [0, 0.05) is 47.0 Å². The van der Waals surface area contributed by atoms with Crippen molar-refractivity contribution in [3.63, 3.8) is 0 Å². The third-order valence-electron chi connectivity index (χ3n) is 8.12. The van der Waals surface area contributed by atoms with Crippen LogP contribution in [-0.4, -0.2) is 28.9 Å². The Bertz CT molecular complexity index is 2670. The van der Waals surface area contributed by atoms with Gasteiger partial charge in [-0.2, -0.15) is 16.8 Å². The minimum Gasteiger partial charge on any atom is -0.457 e. The van der Waals surface area contributed by atoms with E-state index in [0.717, 1.165) is 18.2 Å². The number of anilines is 4. The standard InChI is InChI=1S/C44H34N4O10S2/c49-43(45-31-12-7-20-37(26-31)55-35-16-3-1-4-17-35)47-33-14-9-22-39(28-33)57-59(51,52)41-24-11-25-42(30-41)60(53,54)58-40-23-10-15-34(29-40)48-44(50)46-32-13-8-21-38(27-32)56-36-18-5-2-6-19-36/h1-30H,(H2,45,47,49)(H2,46,48,50). The first-order valence-corrected chi connectivity index (χ1v) is 20.8. The van der Waals surface area contributed by atoms with E-state index in [4.69, 9.17) is 17.8 Å². The fourth-order valence-electron chi connectivity index (χ4n) is 5.50. The van der Waals surface area contributed by atoms with Crippen molar-refractivity contribution in [1.29, 1.82) is 0 Å². The molecule has 0 saturated heterocycles. The van der Waals surface area contributed by atoms with E-state index in [1.165, 1.54) is 54.6 Å². The smallest absolute Gasteiger partial charge is 0.339 e. The van der Waals surface area contributed by atoms with E-state index in [-0.39, 0.29) is 22.9 Å². The first kappa shape index (κ1) is 40.4. The van der Waals surface area contributed by atoms with Gasteiger partial charge in [0.1, 0.15) is 44.3 Å². The van der Waals surface area contributed by atoms with Crippen LogP contribution in [0.2, 0.25) is 0 Å². The van der Waals surface area contributed by atoms with Crippen LogP contribution in [0, 0.1) is 0 Å². The minimum atomic E-state index is -4.58. The minimum absolute atomic E-state index is 0.155. The van der Waals surface area contributed by atoms with Gasteiger partial charge < -0.3 is 39.1 Å². The lowest BCUT2D eigenvalue weighted by Gasteiger charge is -2.12. The second kappa shape index (κ2) is 18.2. The molecule has 0 heterocycles. The molecule has 16 heteroatoms. The number of urea groups is 2. The Labute approximate surface area is 345 Å². The van der Waals surface area contributed by atoms with Gasteiger partial charge in [-0.15, -0.1) is 0 Å². The van der Waals surface area contributed by atoms with E-state index in [9.17, 15) is 26.4 Å². The van der Waals surface area contributed by atoms with Gasteiger partial charge in [0.2, 0.25) is 0 Å². The van der Waals surface area contributed by atoms with E-state index in [1.807, 2.05) is 36.4 Å². The second-order valence-corrected chi connectivity index (χ2v) is 15.7. The highest BCUT2D eigenvalue weighted by atomic mass is 32.2. The predicted octanol–water partition coefficient (Wildman–Crippen LogP) is 10.1. The Morgan fingerprint density at radius 2 is 0.633 bits per heavy atom. The molecule has 0 unspecified atom stereocenters. The van der Waals surface area contributed by atoms with Crippen molar-refractivity contribution >= 4 is 55.0 Å². The van der Waals surface area contributed by atoms with Crippen LogP contribution in [-0.2, 0) is 20.2 Å². The van der Waals surface area contributed by atoms with Crippen molar-refractivity contribution in [3.05, 3.63) is 182 Å². The van der Waals surface area contributed by atoms with Crippen molar-refractivity contribution in [1.82, 2.24) is 0 Å². The number of amides is 4. The summed E-state index contributed by atoms with van der Waals surface area (Å²) in [5.74, 6) is 1.94. The van der Waals surface area contributed by atoms with E-state index in [1.54, 1.807) is 72.8 Å². The quantitative estimate of drug-likeness (QED) is 0.0768. The summed E-state index contributed by atoms with van der Waals surface area (Å²) < 4.78 is 75.6. The molecule has 0 aliphatic heterocycles. The fraction of sp³-hybridized carbons (Fsp3) is 0. The number of benzene rings is 7. The highest BCUT2D eigenvalue weighted by Crippen LogP contribution is 2.28. The first-order valence-electron chi connectivity index (χ1n) is 18.0. The molecule has 0 spiro atoms. The van der Waals surface area contributed by atoms with Crippen LogP contribution in [0.5, 0.6) is 34.5 Å². The summed E-state index contributed by atoms with van der Waals surface area (Å²) in [7, 11) is -9.17. The van der Waals surface area contributed by atoms with E-state index >= 15 is 0 Å². The predicted molar refractivity (Wildman–Crippen MR) is 226 cm³/mol. The molecule has 14 nitrogen and oxygen atoms in total. The maximum atomic E-state index is 13.3. The van der Waals surface area contributed by atoms with Gasteiger partial charge in [-0.3, -0.25) is 0 Å². The summed E-state index contributed by atoms with van der Waals surface area (Å²) in [6.45, 7) is 0. The number of carbonyl (C=O) groups excluding carboxylic acids is 2. The molecule has 7 aromatic rings. The molecular weight excluding hydrogens is 809 g/mol. The zero-order chi connectivity index (χ0) is 42.0. The molecule has 0 bridgehead atoms. The van der Waals surface area contributed by atoms with Gasteiger partial charge in [0.05, 0.1) is 0 Å². The molecule has 0 aliphatic rings. The molecule has 4 amide bonds. The van der Waals surface area contributed by atoms with Crippen LogP contribution in [0.4, 0.5) is 32.3 Å². The van der Waals surface area contributed by atoms with Gasteiger partial charge in [-0.1, -0.05) is 66.7 Å². The summed E-state index contributed by atoms with van der Waals surface area (Å²) in [4.78, 5) is 24.7. The number of hydrogen-bond acceptors (Lipinski definition) is 10. The maximum Gasteiger partial charge on any atom is 0.339 e. The molecule has 60 heavy (non-hydrogen) atoms. The summed E-state index contributed by atoms with van der Waals surface area (Å²) in [5.41, 5.74) is 1.29. The monoisotopic (exact) mass is 842 g/mol. The molecule has 0 aliphatic carbocycles. The summed E-state index contributed by atoms with van der Waals surface area (Å²) in [6, 6.07) is 46.2. The van der Waals surface area contributed by atoms with Crippen LogP contribution >= 0.6 is 0 Å². The maximum absolute atomic E-state index is 13.3. The summed E-state index contributed by atoms with van der Waals surface area (Å²) in [6.07, 6.45) is 0. The molecule has 0 saturated carbocycles. The number of hydrogen-bond donors (Lipinski definition) is 4. The third-order valence-corrected chi connectivity index (χ3v) is 10.6. The van der Waals surface area contributed by atoms with Crippen LogP contribution in [0.15, 0.2) is 192 Å². The molecule has 0 radical (unpaired) electrons. The van der Waals surface area contributed by atoms with Crippen LogP contribution in [0.1, 0.15) is 0 Å². The topological polar surface area (TPSA) is 187 Å². The first-order chi connectivity index (χ1) is 29.0. The normalized spacial score (nSPS) is 11.1. The Hall–Kier alpha value is -7.82. The lowest BCUT2D eigenvalue weighted by atomic mass is 10.3. The van der Waals surface area contributed by atoms with Crippen molar-refractivity contribution in [2.45, 2.75) is 9.79 Å². The molecule has 0 fully saturated rings. The van der Waals surface area contributed by atoms with Gasteiger partial charge in [-0.25, -0.2) is 9.59 Å². The second-order valence-electron chi connectivity index (χ2n) is 12.6. The average molecular weight is 843 g/mol. The summed E-state index contributed by atoms with van der Waals surface area (Å²) >= 11 is 0. The molecule has 4 N–H and O–H groups in total. The molecule has 0 atom stereocenters. The molecular formula is C44H34N4O10S2. The largest absolute Gasteiger partial charge is 0.457 e. The third kappa shape index (κ3) is 11.2. The number of rotatable bonds is 14. The Morgan fingerprint density at radius 1 is 0.333 bits per heavy atom. The molecule has 302 valence electrons. The highest BCUT2D eigenvalue weighted by molar-refractivity contribution is 7.88. The number of carbonyl (C=O) groups is 2. The zero-order valence-corrected chi connectivity index (χ0v) is 32.9.